The van der Waals surface area contributed by atoms with Gasteiger partial charge in [-0.3, -0.25) is 4.79 Å². The van der Waals surface area contributed by atoms with E-state index in [1.165, 1.54) is 12.1 Å². The van der Waals surface area contributed by atoms with Crippen molar-refractivity contribution in [2.75, 3.05) is 31.5 Å². The number of rotatable bonds is 5. The van der Waals surface area contributed by atoms with Crippen LogP contribution in [0.3, 0.4) is 0 Å². The highest BCUT2D eigenvalue weighted by Gasteiger charge is 2.32. The Bertz CT molecular complexity index is 486. The molecule has 1 atom stereocenters. The average molecular weight is 316 g/mol. The number of nitrogens with zero attached hydrogens (tertiary/aromatic N) is 1. The van der Waals surface area contributed by atoms with Crippen molar-refractivity contribution in [1.82, 2.24) is 4.90 Å². The number of carbonyl (C=O) groups is 1. The van der Waals surface area contributed by atoms with Gasteiger partial charge in [0.15, 0.2) is 0 Å². The van der Waals surface area contributed by atoms with E-state index in [0.717, 1.165) is 26.1 Å². The number of anilines is 1. The van der Waals surface area contributed by atoms with Crippen molar-refractivity contribution >= 4 is 24.0 Å². The van der Waals surface area contributed by atoms with Gasteiger partial charge in [-0.15, -0.1) is 12.4 Å². The number of likely N-dealkylation sites (tertiary alicyclic amines) is 1. The van der Waals surface area contributed by atoms with Crippen LogP contribution in [0.4, 0.5) is 10.1 Å². The molecule has 0 spiro atoms. The van der Waals surface area contributed by atoms with Gasteiger partial charge in [-0.2, -0.15) is 0 Å². The highest BCUT2D eigenvalue weighted by molar-refractivity contribution is 5.90. The van der Waals surface area contributed by atoms with Crippen LogP contribution >= 0.6 is 12.4 Å². The van der Waals surface area contributed by atoms with Gasteiger partial charge in [0.1, 0.15) is 5.82 Å². The Morgan fingerprint density at radius 2 is 2.29 bits per heavy atom. The molecule has 6 heteroatoms. The van der Waals surface area contributed by atoms with E-state index in [2.05, 4.69) is 17.1 Å². The summed E-state index contributed by atoms with van der Waals surface area (Å²) in [5, 5.41) is 2.71. The topological polar surface area (TPSA) is 58.4 Å². The molecule has 3 N–H and O–H groups in total. The molecule has 1 unspecified atom stereocenters. The summed E-state index contributed by atoms with van der Waals surface area (Å²) < 4.78 is 13.0. The van der Waals surface area contributed by atoms with Gasteiger partial charge >= 0.3 is 0 Å². The fourth-order valence-corrected chi connectivity index (χ4v) is 2.53. The lowest BCUT2D eigenvalue weighted by Gasteiger charge is -2.22. The summed E-state index contributed by atoms with van der Waals surface area (Å²) in [6.07, 6.45) is 1.49. The summed E-state index contributed by atoms with van der Waals surface area (Å²) in [4.78, 5) is 14.1. The third kappa shape index (κ3) is 5.26. The Balaban J connectivity index is 0.00000220. The lowest BCUT2D eigenvalue weighted by atomic mass is 9.90. The van der Waals surface area contributed by atoms with Crippen molar-refractivity contribution in [2.24, 2.45) is 11.1 Å². The molecule has 1 amide bonds. The van der Waals surface area contributed by atoms with Crippen molar-refractivity contribution in [3.05, 3.63) is 30.1 Å². The molecule has 0 aromatic heterocycles. The summed E-state index contributed by atoms with van der Waals surface area (Å²) in [6.45, 7) is 5.51. The van der Waals surface area contributed by atoms with E-state index in [1.807, 2.05) is 0 Å². The first-order valence-corrected chi connectivity index (χ1v) is 6.99. The van der Waals surface area contributed by atoms with E-state index >= 15 is 0 Å². The number of nitrogens with one attached hydrogen (secondary N) is 1. The third-order valence-corrected chi connectivity index (χ3v) is 3.89. The summed E-state index contributed by atoms with van der Waals surface area (Å²) in [7, 11) is 0. The molecule has 0 radical (unpaired) electrons. The maximum Gasteiger partial charge on any atom is 0.225 e. The van der Waals surface area contributed by atoms with Crippen LogP contribution in [-0.2, 0) is 4.79 Å². The van der Waals surface area contributed by atoms with Gasteiger partial charge < -0.3 is 16.0 Å². The normalized spacial score (nSPS) is 21.9. The standard InChI is InChI=1S/C15H22FN3O.ClH/c1-15(10-17)6-8-19(11-15)7-5-14(20)18-13-4-2-3-12(16)9-13;/h2-4,9H,5-8,10-11,17H2,1H3,(H,18,20);1H. The first kappa shape index (κ1) is 17.9. The number of carbonyl (C=O) groups excluding carboxylic acids is 1. The Morgan fingerprint density at radius 3 is 2.90 bits per heavy atom. The van der Waals surface area contributed by atoms with Crippen molar-refractivity contribution < 1.29 is 9.18 Å². The van der Waals surface area contributed by atoms with Gasteiger partial charge in [0.25, 0.3) is 0 Å². The lowest BCUT2D eigenvalue weighted by molar-refractivity contribution is -0.116. The molecule has 2 rings (SSSR count). The van der Waals surface area contributed by atoms with Crippen LogP contribution in [-0.4, -0.2) is 37.0 Å². The van der Waals surface area contributed by atoms with E-state index in [0.29, 0.717) is 18.7 Å². The first-order valence-electron chi connectivity index (χ1n) is 6.99. The number of hydrogen-bond acceptors (Lipinski definition) is 3. The van der Waals surface area contributed by atoms with Crippen LogP contribution in [0.1, 0.15) is 19.8 Å². The predicted octanol–water partition coefficient (Wildman–Crippen LogP) is 2.25. The number of amides is 1. The Morgan fingerprint density at radius 1 is 1.52 bits per heavy atom. The van der Waals surface area contributed by atoms with Gasteiger partial charge in [0.05, 0.1) is 0 Å². The lowest BCUT2D eigenvalue weighted by Crippen LogP contribution is -2.32. The first-order chi connectivity index (χ1) is 9.50. The van der Waals surface area contributed by atoms with E-state index in [4.69, 9.17) is 5.73 Å². The van der Waals surface area contributed by atoms with Crippen molar-refractivity contribution in [3.63, 3.8) is 0 Å². The Hall–Kier alpha value is -1.17. The number of benzene rings is 1. The summed E-state index contributed by atoms with van der Waals surface area (Å²) in [5.41, 5.74) is 6.44. The molecule has 1 saturated heterocycles. The molecular weight excluding hydrogens is 293 g/mol. The molecule has 1 heterocycles. The molecule has 1 aliphatic rings. The third-order valence-electron chi connectivity index (χ3n) is 3.89. The molecular formula is C15H23ClFN3O. The fourth-order valence-electron chi connectivity index (χ4n) is 2.53. The maximum atomic E-state index is 13.0. The molecule has 1 fully saturated rings. The molecule has 1 aromatic carbocycles. The SMILES string of the molecule is CC1(CN)CCN(CCC(=O)Nc2cccc(F)c2)C1.Cl. The predicted molar refractivity (Wildman–Crippen MR) is 85.1 cm³/mol. The molecule has 21 heavy (non-hydrogen) atoms. The molecule has 1 aromatic rings. The largest absolute Gasteiger partial charge is 0.330 e. The second kappa shape index (κ2) is 7.73. The molecule has 0 bridgehead atoms. The van der Waals surface area contributed by atoms with E-state index in [1.54, 1.807) is 12.1 Å². The zero-order chi connectivity index (χ0) is 14.6. The number of nitrogens with two attached hydrogens (primary N) is 1. The molecule has 1 aliphatic heterocycles. The van der Waals surface area contributed by atoms with Crippen LogP contribution in [0, 0.1) is 11.2 Å². The fraction of sp³-hybridized carbons (Fsp3) is 0.533. The number of halogens is 2. The summed E-state index contributed by atoms with van der Waals surface area (Å²) in [5.74, 6) is -0.432. The van der Waals surface area contributed by atoms with Gasteiger partial charge in [-0.05, 0) is 43.1 Å². The second-order valence-electron chi connectivity index (χ2n) is 5.85. The molecule has 4 nitrogen and oxygen atoms in total. The molecule has 0 saturated carbocycles. The van der Waals surface area contributed by atoms with Crippen molar-refractivity contribution in [3.8, 4) is 0 Å². The second-order valence-corrected chi connectivity index (χ2v) is 5.85. The molecule has 0 aliphatic carbocycles. The van der Waals surface area contributed by atoms with E-state index in [9.17, 15) is 9.18 Å². The zero-order valence-electron chi connectivity index (χ0n) is 12.3. The van der Waals surface area contributed by atoms with Crippen molar-refractivity contribution in [1.29, 1.82) is 0 Å². The Kier molecular flexibility index (Phi) is 6.58. The van der Waals surface area contributed by atoms with Gasteiger partial charge in [0, 0.05) is 25.2 Å². The number of hydrogen-bond donors (Lipinski definition) is 2. The van der Waals surface area contributed by atoms with Crippen LogP contribution in [0.15, 0.2) is 24.3 Å². The van der Waals surface area contributed by atoms with Gasteiger partial charge in [-0.1, -0.05) is 13.0 Å². The summed E-state index contributed by atoms with van der Waals surface area (Å²) in [6, 6.07) is 5.94. The highest BCUT2D eigenvalue weighted by Crippen LogP contribution is 2.28. The minimum atomic E-state index is -0.346. The quantitative estimate of drug-likeness (QED) is 0.876. The smallest absolute Gasteiger partial charge is 0.225 e. The Labute approximate surface area is 131 Å². The van der Waals surface area contributed by atoms with E-state index in [-0.39, 0.29) is 29.5 Å². The van der Waals surface area contributed by atoms with Crippen LogP contribution < -0.4 is 11.1 Å². The van der Waals surface area contributed by atoms with Crippen LogP contribution in [0.2, 0.25) is 0 Å². The summed E-state index contributed by atoms with van der Waals surface area (Å²) >= 11 is 0. The molecule has 118 valence electrons. The van der Waals surface area contributed by atoms with Gasteiger partial charge in [0.2, 0.25) is 5.91 Å². The monoisotopic (exact) mass is 315 g/mol. The van der Waals surface area contributed by atoms with Crippen LogP contribution in [0.25, 0.3) is 0 Å². The van der Waals surface area contributed by atoms with Crippen LogP contribution in [0.5, 0.6) is 0 Å². The van der Waals surface area contributed by atoms with E-state index < -0.39 is 0 Å². The maximum absolute atomic E-state index is 13.0. The van der Waals surface area contributed by atoms with Crippen molar-refractivity contribution in [2.45, 2.75) is 19.8 Å². The highest BCUT2D eigenvalue weighted by atomic mass is 35.5. The minimum absolute atomic E-state index is 0. The van der Waals surface area contributed by atoms with Gasteiger partial charge in [-0.25, -0.2) is 4.39 Å². The zero-order valence-corrected chi connectivity index (χ0v) is 13.1. The minimum Gasteiger partial charge on any atom is -0.330 e. The average Bonchev–Trinajstić information content (AvgIpc) is 2.79.